The Labute approximate surface area is 97.7 Å². The number of ether oxygens (including phenoxy) is 1. The van der Waals surface area contributed by atoms with Gasteiger partial charge in [0.25, 0.3) is 0 Å². The van der Waals surface area contributed by atoms with Gasteiger partial charge in [0.1, 0.15) is 6.61 Å². The lowest BCUT2D eigenvalue weighted by Crippen LogP contribution is -2.37. The first-order valence-electron chi connectivity index (χ1n) is 5.50. The fourth-order valence-electron chi connectivity index (χ4n) is 0.790. The minimum atomic E-state index is -0.492. The zero-order valence-corrected chi connectivity index (χ0v) is 11.1. The van der Waals surface area contributed by atoms with Gasteiger partial charge in [0.05, 0.1) is 12.0 Å². The monoisotopic (exact) mass is 229 g/mol. The molecule has 0 rings (SSSR count). The van der Waals surface area contributed by atoms with Gasteiger partial charge in [-0.15, -0.1) is 0 Å². The quantitative estimate of drug-likeness (QED) is 0.592. The third-order valence-corrected chi connectivity index (χ3v) is 1.91. The SMILES string of the molecule is CC(C)(C)C(=O)NCCOC(=O)C(C)(C)C. The Bertz CT molecular complexity index is 230. The highest BCUT2D eigenvalue weighted by Gasteiger charge is 2.23. The van der Waals surface area contributed by atoms with Crippen LogP contribution in [-0.2, 0) is 14.3 Å². The number of carbonyl (C=O) groups excluding carboxylic acids is 2. The summed E-state index contributed by atoms with van der Waals surface area (Å²) in [6.45, 7) is 11.5. The molecule has 0 saturated heterocycles. The van der Waals surface area contributed by atoms with Gasteiger partial charge in [0.2, 0.25) is 5.91 Å². The Morgan fingerprint density at radius 2 is 1.50 bits per heavy atom. The van der Waals surface area contributed by atoms with Gasteiger partial charge in [0.15, 0.2) is 0 Å². The number of esters is 1. The summed E-state index contributed by atoms with van der Waals surface area (Å²) in [7, 11) is 0. The van der Waals surface area contributed by atoms with E-state index in [4.69, 9.17) is 4.74 Å². The van der Waals surface area contributed by atoms with Crippen LogP contribution in [0.3, 0.4) is 0 Å². The lowest BCUT2D eigenvalue weighted by molar-refractivity contribution is -0.153. The van der Waals surface area contributed by atoms with Gasteiger partial charge in [-0.05, 0) is 20.8 Å². The average Bonchev–Trinajstić information content (AvgIpc) is 2.08. The fraction of sp³-hybridized carbons (Fsp3) is 0.833. The fourth-order valence-corrected chi connectivity index (χ4v) is 0.790. The van der Waals surface area contributed by atoms with Crippen molar-refractivity contribution >= 4 is 11.9 Å². The van der Waals surface area contributed by atoms with Gasteiger partial charge in [-0.25, -0.2) is 0 Å². The van der Waals surface area contributed by atoms with Crippen molar-refractivity contribution in [3.63, 3.8) is 0 Å². The predicted molar refractivity (Wildman–Crippen MR) is 62.9 cm³/mol. The van der Waals surface area contributed by atoms with Crippen molar-refractivity contribution in [3.8, 4) is 0 Å². The third-order valence-electron chi connectivity index (χ3n) is 1.91. The van der Waals surface area contributed by atoms with E-state index < -0.39 is 10.8 Å². The van der Waals surface area contributed by atoms with Crippen molar-refractivity contribution in [2.24, 2.45) is 10.8 Å². The van der Waals surface area contributed by atoms with Crippen molar-refractivity contribution in [1.29, 1.82) is 0 Å². The minimum absolute atomic E-state index is 0.0423. The lowest BCUT2D eigenvalue weighted by Gasteiger charge is -2.19. The van der Waals surface area contributed by atoms with Gasteiger partial charge >= 0.3 is 5.97 Å². The zero-order chi connectivity index (χ0) is 13.0. The third kappa shape index (κ3) is 5.73. The van der Waals surface area contributed by atoms with E-state index in [0.29, 0.717) is 6.54 Å². The normalized spacial score (nSPS) is 12.1. The Hall–Kier alpha value is -1.06. The maximum atomic E-state index is 11.5. The minimum Gasteiger partial charge on any atom is -0.463 e. The van der Waals surface area contributed by atoms with E-state index in [1.165, 1.54) is 0 Å². The number of carbonyl (C=O) groups is 2. The molecule has 0 aliphatic rings. The number of amides is 1. The average molecular weight is 229 g/mol. The van der Waals surface area contributed by atoms with E-state index in [1.807, 2.05) is 20.8 Å². The second kappa shape index (κ2) is 5.32. The van der Waals surface area contributed by atoms with Crippen molar-refractivity contribution < 1.29 is 14.3 Å². The summed E-state index contributed by atoms with van der Waals surface area (Å²) in [6.07, 6.45) is 0. The molecule has 0 fully saturated rings. The van der Waals surface area contributed by atoms with Crippen LogP contribution >= 0.6 is 0 Å². The molecule has 94 valence electrons. The van der Waals surface area contributed by atoms with Crippen LogP contribution in [0, 0.1) is 10.8 Å². The molecule has 0 aliphatic heterocycles. The number of hydrogen-bond donors (Lipinski definition) is 1. The molecule has 4 heteroatoms. The summed E-state index contributed by atoms with van der Waals surface area (Å²) in [5.74, 6) is -0.295. The molecular weight excluding hydrogens is 206 g/mol. The largest absolute Gasteiger partial charge is 0.463 e. The molecule has 16 heavy (non-hydrogen) atoms. The molecule has 0 heterocycles. The topological polar surface area (TPSA) is 55.4 Å². The summed E-state index contributed by atoms with van der Waals surface area (Å²) in [5, 5.41) is 2.71. The first-order valence-corrected chi connectivity index (χ1v) is 5.50. The molecule has 0 aromatic carbocycles. The molecule has 0 bridgehead atoms. The molecular formula is C12H23NO3. The van der Waals surface area contributed by atoms with Crippen LogP contribution in [0.4, 0.5) is 0 Å². The Morgan fingerprint density at radius 1 is 1.00 bits per heavy atom. The van der Waals surface area contributed by atoms with Crippen LogP contribution in [0.2, 0.25) is 0 Å². The maximum Gasteiger partial charge on any atom is 0.311 e. The summed E-state index contributed by atoms with van der Waals surface area (Å²) < 4.78 is 5.02. The highest BCUT2D eigenvalue weighted by molar-refractivity contribution is 5.81. The van der Waals surface area contributed by atoms with Crippen molar-refractivity contribution in [1.82, 2.24) is 5.32 Å². The van der Waals surface area contributed by atoms with Crippen molar-refractivity contribution in [2.45, 2.75) is 41.5 Å². The molecule has 0 unspecified atom stereocenters. The van der Waals surface area contributed by atoms with Crippen LogP contribution in [0.15, 0.2) is 0 Å². The summed E-state index contributed by atoms with van der Waals surface area (Å²) >= 11 is 0. The standard InChI is InChI=1S/C12H23NO3/c1-11(2,3)9(14)13-7-8-16-10(15)12(4,5)6/h7-8H2,1-6H3,(H,13,14). The molecule has 0 atom stereocenters. The van der Waals surface area contributed by atoms with E-state index in [2.05, 4.69) is 5.32 Å². The van der Waals surface area contributed by atoms with Crippen LogP contribution in [0.25, 0.3) is 0 Å². The molecule has 0 radical (unpaired) electrons. The Balaban J connectivity index is 3.79. The van der Waals surface area contributed by atoms with Gasteiger partial charge in [-0.2, -0.15) is 0 Å². The predicted octanol–water partition coefficient (Wildman–Crippen LogP) is 1.74. The van der Waals surface area contributed by atoms with Crippen LogP contribution < -0.4 is 5.32 Å². The molecule has 0 spiro atoms. The van der Waals surface area contributed by atoms with Crippen molar-refractivity contribution in [3.05, 3.63) is 0 Å². The first kappa shape index (κ1) is 14.9. The highest BCUT2D eigenvalue weighted by Crippen LogP contribution is 2.15. The maximum absolute atomic E-state index is 11.5. The summed E-state index contributed by atoms with van der Waals surface area (Å²) in [4.78, 5) is 22.8. The number of nitrogens with one attached hydrogen (secondary N) is 1. The van der Waals surface area contributed by atoms with Crippen LogP contribution in [0.1, 0.15) is 41.5 Å². The van der Waals surface area contributed by atoms with Crippen molar-refractivity contribution in [2.75, 3.05) is 13.2 Å². The summed E-state index contributed by atoms with van der Waals surface area (Å²) in [6, 6.07) is 0. The van der Waals surface area contributed by atoms with Crippen LogP contribution in [0.5, 0.6) is 0 Å². The second-order valence-electron chi connectivity index (χ2n) is 5.89. The van der Waals surface area contributed by atoms with E-state index in [-0.39, 0.29) is 18.5 Å². The van der Waals surface area contributed by atoms with E-state index in [0.717, 1.165) is 0 Å². The second-order valence-corrected chi connectivity index (χ2v) is 5.89. The number of hydrogen-bond acceptors (Lipinski definition) is 3. The molecule has 4 nitrogen and oxygen atoms in total. The molecule has 0 aromatic rings. The van der Waals surface area contributed by atoms with Crippen LogP contribution in [-0.4, -0.2) is 25.0 Å². The number of rotatable bonds is 3. The Kier molecular flexibility index (Phi) is 4.97. The first-order chi connectivity index (χ1) is 7.05. The van der Waals surface area contributed by atoms with E-state index >= 15 is 0 Å². The highest BCUT2D eigenvalue weighted by atomic mass is 16.5. The molecule has 1 N–H and O–H groups in total. The lowest BCUT2D eigenvalue weighted by atomic mass is 9.96. The van der Waals surface area contributed by atoms with Gasteiger partial charge < -0.3 is 10.1 Å². The van der Waals surface area contributed by atoms with Gasteiger partial charge in [-0.1, -0.05) is 20.8 Å². The molecule has 1 amide bonds. The van der Waals surface area contributed by atoms with E-state index in [1.54, 1.807) is 20.8 Å². The zero-order valence-electron chi connectivity index (χ0n) is 11.1. The smallest absolute Gasteiger partial charge is 0.311 e. The summed E-state index contributed by atoms with van der Waals surface area (Å²) in [5.41, 5.74) is -0.901. The Morgan fingerprint density at radius 3 is 1.88 bits per heavy atom. The molecule has 0 saturated carbocycles. The molecule has 0 aliphatic carbocycles. The van der Waals surface area contributed by atoms with Gasteiger partial charge in [-0.3, -0.25) is 9.59 Å². The van der Waals surface area contributed by atoms with Gasteiger partial charge in [0, 0.05) is 5.41 Å². The molecule has 0 aromatic heterocycles. The van der Waals surface area contributed by atoms with E-state index in [9.17, 15) is 9.59 Å².